The molecule has 1 aromatic carbocycles. The van der Waals surface area contributed by atoms with E-state index < -0.39 is 0 Å². The molecule has 0 aliphatic carbocycles. The lowest BCUT2D eigenvalue weighted by Gasteiger charge is -2.22. The molecule has 1 aliphatic heterocycles. The molecule has 5 heteroatoms. The molecule has 23 heavy (non-hydrogen) atoms. The Labute approximate surface area is 138 Å². The summed E-state index contributed by atoms with van der Waals surface area (Å²) in [5.74, 6) is 0.815. The van der Waals surface area contributed by atoms with Gasteiger partial charge in [-0.3, -0.25) is 0 Å². The number of hydrogen-bond acceptors (Lipinski definition) is 4. The third-order valence-electron chi connectivity index (χ3n) is 4.41. The van der Waals surface area contributed by atoms with Crippen molar-refractivity contribution in [2.75, 3.05) is 18.0 Å². The molecule has 3 heterocycles. The molecule has 0 radical (unpaired) electrons. The number of rotatable bonds is 2. The van der Waals surface area contributed by atoms with E-state index in [-0.39, 0.29) is 5.82 Å². The normalized spacial score (nSPS) is 15.8. The number of aromatic nitrogens is 2. The molecule has 4 rings (SSSR count). The lowest BCUT2D eigenvalue weighted by Crippen LogP contribution is -2.25. The van der Waals surface area contributed by atoms with E-state index in [2.05, 4.69) is 20.2 Å². The molecule has 2 aromatic heterocycles. The van der Waals surface area contributed by atoms with Crippen molar-refractivity contribution >= 4 is 27.4 Å². The second-order valence-corrected chi connectivity index (χ2v) is 6.79. The smallest absolute Gasteiger partial charge is 0.141 e. The Hall–Kier alpha value is -2.01. The highest BCUT2D eigenvalue weighted by Gasteiger charge is 2.18. The quantitative estimate of drug-likeness (QED) is 0.672. The molecule has 0 unspecified atom stereocenters. The fraction of sp³-hybridized carbons (Fsp3) is 0.333. The summed E-state index contributed by atoms with van der Waals surface area (Å²) in [6.07, 6.45) is 6.66. The van der Waals surface area contributed by atoms with E-state index in [4.69, 9.17) is 0 Å². The van der Waals surface area contributed by atoms with Crippen LogP contribution in [0.2, 0.25) is 0 Å². The first-order valence-electron chi connectivity index (χ1n) is 8.06. The summed E-state index contributed by atoms with van der Waals surface area (Å²) >= 11 is 1.62. The Morgan fingerprint density at radius 1 is 0.957 bits per heavy atom. The van der Waals surface area contributed by atoms with Crippen molar-refractivity contribution in [1.82, 2.24) is 9.97 Å². The maximum atomic E-state index is 13.2. The fourth-order valence-corrected chi connectivity index (χ4v) is 4.13. The van der Waals surface area contributed by atoms with Gasteiger partial charge in [-0.25, -0.2) is 14.4 Å². The summed E-state index contributed by atoms with van der Waals surface area (Å²) in [7, 11) is 0. The zero-order chi connectivity index (χ0) is 15.6. The lowest BCUT2D eigenvalue weighted by atomic mass is 10.1. The number of benzene rings is 1. The van der Waals surface area contributed by atoms with Crippen LogP contribution < -0.4 is 4.90 Å². The number of anilines is 1. The molecule has 1 saturated heterocycles. The highest BCUT2D eigenvalue weighted by atomic mass is 32.1. The zero-order valence-corrected chi connectivity index (χ0v) is 13.7. The standard InChI is InChI=1S/C18H18FN3S/c19-14-7-5-13(6-8-14)15-11-23-18-16(15)17(20-12-21-18)22-9-3-1-2-4-10-22/h5-8,11-12H,1-4,9-10H2. The van der Waals surface area contributed by atoms with Crippen LogP contribution in [0, 0.1) is 5.82 Å². The van der Waals surface area contributed by atoms with Crippen LogP contribution in [0.15, 0.2) is 36.0 Å². The van der Waals surface area contributed by atoms with Gasteiger partial charge in [-0.2, -0.15) is 0 Å². The van der Waals surface area contributed by atoms with Crippen molar-refractivity contribution in [3.05, 3.63) is 41.8 Å². The first-order chi connectivity index (χ1) is 11.3. The van der Waals surface area contributed by atoms with Gasteiger partial charge >= 0.3 is 0 Å². The molecule has 0 N–H and O–H groups in total. The van der Waals surface area contributed by atoms with E-state index in [1.165, 1.54) is 37.8 Å². The van der Waals surface area contributed by atoms with Gasteiger partial charge < -0.3 is 4.90 Å². The largest absolute Gasteiger partial charge is 0.356 e. The molecule has 0 saturated carbocycles. The van der Waals surface area contributed by atoms with Gasteiger partial charge in [0.15, 0.2) is 0 Å². The zero-order valence-electron chi connectivity index (χ0n) is 12.8. The van der Waals surface area contributed by atoms with Crippen LogP contribution in [0.25, 0.3) is 21.3 Å². The predicted octanol–water partition coefficient (Wildman–Crippen LogP) is 4.88. The highest BCUT2D eigenvalue weighted by Crippen LogP contribution is 2.38. The minimum Gasteiger partial charge on any atom is -0.356 e. The van der Waals surface area contributed by atoms with E-state index in [0.717, 1.165) is 40.3 Å². The number of hydrogen-bond donors (Lipinski definition) is 0. The Balaban J connectivity index is 1.84. The Bertz CT molecular complexity index is 805. The lowest BCUT2D eigenvalue weighted by molar-refractivity contribution is 0.628. The van der Waals surface area contributed by atoms with E-state index >= 15 is 0 Å². The summed E-state index contributed by atoms with van der Waals surface area (Å²) in [4.78, 5) is 12.4. The van der Waals surface area contributed by atoms with Crippen LogP contribution in [-0.4, -0.2) is 23.1 Å². The topological polar surface area (TPSA) is 29.0 Å². The first kappa shape index (κ1) is 14.6. The second-order valence-electron chi connectivity index (χ2n) is 5.93. The summed E-state index contributed by atoms with van der Waals surface area (Å²) in [5, 5.41) is 3.21. The van der Waals surface area contributed by atoms with Crippen molar-refractivity contribution in [3.63, 3.8) is 0 Å². The fourth-order valence-electron chi connectivity index (χ4n) is 3.22. The Kier molecular flexibility index (Phi) is 3.95. The predicted molar refractivity (Wildman–Crippen MR) is 93.5 cm³/mol. The highest BCUT2D eigenvalue weighted by molar-refractivity contribution is 7.17. The van der Waals surface area contributed by atoms with Crippen LogP contribution in [0.5, 0.6) is 0 Å². The van der Waals surface area contributed by atoms with Gasteiger partial charge in [-0.1, -0.05) is 25.0 Å². The monoisotopic (exact) mass is 327 g/mol. The van der Waals surface area contributed by atoms with Crippen LogP contribution >= 0.6 is 11.3 Å². The molecule has 0 bridgehead atoms. The van der Waals surface area contributed by atoms with Gasteiger partial charge in [0, 0.05) is 24.0 Å². The number of nitrogens with zero attached hydrogens (tertiary/aromatic N) is 3. The molecule has 3 nitrogen and oxygen atoms in total. The van der Waals surface area contributed by atoms with E-state index in [9.17, 15) is 4.39 Å². The van der Waals surface area contributed by atoms with E-state index in [1.54, 1.807) is 17.7 Å². The van der Waals surface area contributed by atoms with E-state index in [0.29, 0.717) is 0 Å². The molecule has 0 spiro atoms. The molecule has 0 atom stereocenters. The Morgan fingerprint density at radius 3 is 2.43 bits per heavy atom. The molecule has 0 amide bonds. The maximum absolute atomic E-state index is 13.2. The molecule has 3 aromatic rings. The summed E-state index contributed by atoms with van der Waals surface area (Å²) in [6.45, 7) is 2.09. The summed E-state index contributed by atoms with van der Waals surface area (Å²) < 4.78 is 13.2. The molecule has 1 fully saturated rings. The van der Waals surface area contributed by atoms with Gasteiger partial charge in [-0.15, -0.1) is 11.3 Å². The average molecular weight is 327 g/mol. The van der Waals surface area contributed by atoms with Gasteiger partial charge in [-0.05, 0) is 30.5 Å². The van der Waals surface area contributed by atoms with E-state index in [1.807, 2.05) is 12.1 Å². The third kappa shape index (κ3) is 2.81. The first-order valence-corrected chi connectivity index (χ1v) is 8.94. The second kappa shape index (κ2) is 6.24. The number of fused-ring (bicyclic) bond motifs is 1. The van der Waals surface area contributed by atoms with Crippen molar-refractivity contribution in [2.45, 2.75) is 25.7 Å². The number of thiophene rings is 1. The van der Waals surface area contributed by atoms with Crippen LogP contribution in [0.3, 0.4) is 0 Å². The van der Waals surface area contributed by atoms with Crippen molar-refractivity contribution < 1.29 is 4.39 Å². The van der Waals surface area contributed by atoms with Crippen LogP contribution in [0.1, 0.15) is 25.7 Å². The maximum Gasteiger partial charge on any atom is 0.141 e. The van der Waals surface area contributed by atoms with Gasteiger partial charge in [0.2, 0.25) is 0 Å². The van der Waals surface area contributed by atoms with Gasteiger partial charge in [0.25, 0.3) is 0 Å². The Morgan fingerprint density at radius 2 is 1.70 bits per heavy atom. The number of halogens is 1. The summed E-state index contributed by atoms with van der Waals surface area (Å²) in [6, 6.07) is 6.68. The SMILES string of the molecule is Fc1ccc(-c2csc3ncnc(N4CCCCCC4)c23)cc1. The minimum absolute atomic E-state index is 0.211. The molecule has 118 valence electrons. The van der Waals surface area contributed by atoms with Gasteiger partial charge in [0.1, 0.15) is 22.8 Å². The van der Waals surface area contributed by atoms with Crippen molar-refractivity contribution in [2.24, 2.45) is 0 Å². The average Bonchev–Trinajstić information content (AvgIpc) is 2.83. The van der Waals surface area contributed by atoms with Crippen LogP contribution in [0.4, 0.5) is 10.2 Å². The minimum atomic E-state index is -0.211. The molecular weight excluding hydrogens is 309 g/mol. The third-order valence-corrected chi connectivity index (χ3v) is 5.30. The molecule has 1 aliphatic rings. The van der Waals surface area contributed by atoms with Crippen molar-refractivity contribution in [1.29, 1.82) is 0 Å². The molecular formula is C18H18FN3S. The van der Waals surface area contributed by atoms with Gasteiger partial charge in [0.05, 0.1) is 5.39 Å². The van der Waals surface area contributed by atoms with Crippen LogP contribution in [-0.2, 0) is 0 Å². The summed E-state index contributed by atoms with van der Waals surface area (Å²) in [5.41, 5.74) is 2.12. The van der Waals surface area contributed by atoms with Crippen molar-refractivity contribution in [3.8, 4) is 11.1 Å².